The number of carboxylic acid groups (broad SMARTS) is 1. The fourth-order valence-electron chi connectivity index (χ4n) is 2.76. The van der Waals surface area contributed by atoms with Crippen molar-refractivity contribution in [3.8, 4) is 0 Å². The first-order chi connectivity index (χ1) is 8.63. The van der Waals surface area contributed by atoms with Crippen molar-refractivity contribution in [1.82, 2.24) is 0 Å². The number of halogens is 1. The molecule has 18 heavy (non-hydrogen) atoms. The molecule has 98 valence electrons. The average Bonchev–Trinajstić information content (AvgIpc) is 2.83. The van der Waals surface area contributed by atoms with E-state index in [2.05, 4.69) is 11.8 Å². The van der Waals surface area contributed by atoms with Crippen LogP contribution in [0.3, 0.4) is 0 Å². The van der Waals surface area contributed by atoms with Gasteiger partial charge in [0.15, 0.2) is 0 Å². The predicted molar refractivity (Wildman–Crippen MR) is 73.7 cm³/mol. The molecule has 1 saturated carbocycles. The van der Waals surface area contributed by atoms with Crippen molar-refractivity contribution in [2.75, 3.05) is 11.4 Å². The lowest BCUT2D eigenvalue weighted by Gasteiger charge is -2.31. The van der Waals surface area contributed by atoms with Crippen molar-refractivity contribution < 1.29 is 9.90 Å². The van der Waals surface area contributed by atoms with E-state index in [0.29, 0.717) is 16.6 Å². The SMILES string of the molecule is CCN(c1cc(Cl)ccc1C(=O)O)C1CCCC1. The van der Waals surface area contributed by atoms with Crippen LogP contribution in [0.2, 0.25) is 5.02 Å². The number of hydrogen-bond acceptors (Lipinski definition) is 2. The van der Waals surface area contributed by atoms with Gasteiger partial charge in [-0.1, -0.05) is 24.4 Å². The molecule has 3 nitrogen and oxygen atoms in total. The number of rotatable bonds is 4. The highest BCUT2D eigenvalue weighted by atomic mass is 35.5. The zero-order valence-corrected chi connectivity index (χ0v) is 11.3. The molecule has 1 N–H and O–H groups in total. The van der Waals surface area contributed by atoms with Crippen molar-refractivity contribution in [3.05, 3.63) is 28.8 Å². The lowest BCUT2D eigenvalue weighted by atomic mass is 10.1. The highest BCUT2D eigenvalue weighted by molar-refractivity contribution is 6.31. The van der Waals surface area contributed by atoms with E-state index in [0.717, 1.165) is 25.1 Å². The molecule has 0 atom stereocenters. The Balaban J connectivity index is 2.39. The maximum atomic E-state index is 11.3. The first-order valence-electron chi connectivity index (χ1n) is 6.43. The van der Waals surface area contributed by atoms with Crippen LogP contribution in [0.15, 0.2) is 18.2 Å². The molecule has 1 aromatic carbocycles. The largest absolute Gasteiger partial charge is 0.478 e. The number of nitrogens with zero attached hydrogens (tertiary/aromatic N) is 1. The molecule has 0 radical (unpaired) electrons. The first-order valence-corrected chi connectivity index (χ1v) is 6.80. The smallest absolute Gasteiger partial charge is 0.337 e. The maximum absolute atomic E-state index is 11.3. The normalized spacial score (nSPS) is 15.9. The summed E-state index contributed by atoms with van der Waals surface area (Å²) in [7, 11) is 0. The van der Waals surface area contributed by atoms with Gasteiger partial charge in [0.25, 0.3) is 0 Å². The topological polar surface area (TPSA) is 40.5 Å². The molecule has 0 unspecified atom stereocenters. The Bertz CT molecular complexity index is 441. The van der Waals surface area contributed by atoms with Gasteiger partial charge in [0, 0.05) is 17.6 Å². The second-order valence-electron chi connectivity index (χ2n) is 4.69. The second-order valence-corrected chi connectivity index (χ2v) is 5.13. The fourth-order valence-corrected chi connectivity index (χ4v) is 2.93. The van der Waals surface area contributed by atoms with Gasteiger partial charge in [-0.05, 0) is 38.0 Å². The Morgan fingerprint density at radius 1 is 1.44 bits per heavy atom. The summed E-state index contributed by atoms with van der Waals surface area (Å²) in [6, 6.07) is 5.45. The molecule has 0 aliphatic heterocycles. The van der Waals surface area contributed by atoms with Gasteiger partial charge in [-0.3, -0.25) is 0 Å². The molecule has 2 rings (SSSR count). The number of carbonyl (C=O) groups is 1. The predicted octanol–water partition coefficient (Wildman–Crippen LogP) is 3.81. The molecular weight excluding hydrogens is 250 g/mol. The Morgan fingerprint density at radius 2 is 2.11 bits per heavy atom. The van der Waals surface area contributed by atoms with Crippen LogP contribution in [-0.4, -0.2) is 23.7 Å². The number of aromatic carboxylic acids is 1. The van der Waals surface area contributed by atoms with Crippen molar-refractivity contribution in [3.63, 3.8) is 0 Å². The molecular formula is C14H18ClNO2. The van der Waals surface area contributed by atoms with Gasteiger partial charge in [0.1, 0.15) is 0 Å². The van der Waals surface area contributed by atoms with Crippen LogP contribution >= 0.6 is 11.6 Å². The Kier molecular flexibility index (Phi) is 4.12. The third-order valence-corrected chi connectivity index (χ3v) is 3.84. The molecule has 4 heteroatoms. The summed E-state index contributed by atoms with van der Waals surface area (Å²) in [6.45, 7) is 2.87. The summed E-state index contributed by atoms with van der Waals surface area (Å²) in [5.41, 5.74) is 1.09. The number of hydrogen-bond donors (Lipinski definition) is 1. The summed E-state index contributed by atoms with van der Waals surface area (Å²) in [5.74, 6) is -0.891. The minimum atomic E-state index is -0.891. The maximum Gasteiger partial charge on any atom is 0.337 e. The standard InChI is InChI=1S/C14H18ClNO2/c1-2-16(11-5-3-4-6-11)13-9-10(15)7-8-12(13)14(17)18/h7-9,11H,2-6H2,1H3,(H,17,18). The quantitative estimate of drug-likeness (QED) is 0.902. The van der Waals surface area contributed by atoms with Gasteiger partial charge in [0.05, 0.1) is 11.3 Å². The molecule has 1 aliphatic rings. The van der Waals surface area contributed by atoms with Gasteiger partial charge < -0.3 is 10.0 Å². The van der Waals surface area contributed by atoms with E-state index < -0.39 is 5.97 Å². The van der Waals surface area contributed by atoms with Crippen LogP contribution in [0.5, 0.6) is 0 Å². The second kappa shape index (κ2) is 5.61. The molecule has 0 amide bonds. The molecule has 1 aromatic rings. The summed E-state index contributed by atoms with van der Waals surface area (Å²) < 4.78 is 0. The van der Waals surface area contributed by atoms with Gasteiger partial charge in [0.2, 0.25) is 0 Å². The van der Waals surface area contributed by atoms with Gasteiger partial charge >= 0.3 is 5.97 Å². The molecule has 0 aromatic heterocycles. The van der Waals surface area contributed by atoms with E-state index >= 15 is 0 Å². The average molecular weight is 268 g/mol. The molecule has 0 bridgehead atoms. The molecule has 0 spiro atoms. The van der Waals surface area contributed by atoms with E-state index in [9.17, 15) is 9.90 Å². The molecule has 1 fully saturated rings. The highest BCUT2D eigenvalue weighted by Crippen LogP contribution is 2.32. The summed E-state index contributed by atoms with van der Waals surface area (Å²) in [5, 5.41) is 9.86. The molecule has 1 aliphatic carbocycles. The zero-order valence-electron chi connectivity index (χ0n) is 10.5. The number of benzene rings is 1. The van der Waals surface area contributed by atoms with Crippen molar-refractivity contribution in [1.29, 1.82) is 0 Å². The first kappa shape index (κ1) is 13.2. The van der Waals surface area contributed by atoms with Crippen LogP contribution < -0.4 is 4.90 Å². The van der Waals surface area contributed by atoms with Crippen molar-refractivity contribution in [2.45, 2.75) is 38.6 Å². The summed E-state index contributed by atoms with van der Waals surface area (Å²) in [4.78, 5) is 13.5. The minimum Gasteiger partial charge on any atom is -0.478 e. The minimum absolute atomic E-state index is 0.341. The van der Waals surface area contributed by atoms with Gasteiger partial charge in [-0.25, -0.2) is 4.79 Å². The monoisotopic (exact) mass is 267 g/mol. The molecule has 0 heterocycles. The third-order valence-electron chi connectivity index (χ3n) is 3.61. The van der Waals surface area contributed by atoms with Crippen molar-refractivity contribution in [2.24, 2.45) is 0 Å². The fraction of sp³-hybridized carbons (Fsp3) is 0.500. The Hall–Kier alpha value is -1.22. The Labute approximate surface area is 112 Å². The lowest BCUT2D eigenvalue weighted by Crippen LogP contribution is -2.34. The van der Waals surface area contributed by atoms with E-state index in [1.165, 1.54) is 12.8 Å². The van der Waals surface area contributed by atoms with Gasteiger partial charge in [-0.2, -0.15) is 0 Å². The van der Waals surface area contributed by atoms with Crippen LogP contribution in [0.25, 0.3) is 0 Å². The van der Waals surface area contributed by atoms with Crippen molar-refractivity contribution >= 4 is 23.3 Å². The van der Waals surface area contributed by atoms with E-state index in [1.54, 1.807) is 18.2 Å². The summed E-state index contributed by atoms with van der Waals surface area (Å²) >= 11 is 6.01. The van der Waals surface area contributed by atoms with Crippen LogP contribution in [0, 0.1) is 0 Å². The van der Waals surface area contributed by atoms with Crippen LogP contribution in [0.4, 0.5) is 5.69 Å². The van der Waals surface area contributed by atoms with E-state index in [-0.39, 0.29) is 0 Å². The van der Waals surface area contributed by atoms with E-state index in [1.807, 2.05) is 0 Å². The van der Waals surface area contributed by atoms with Crippen LogP contribution in [-0.2, 0) is 0 Å². The highest BCUT2D eigenvalue weighted by Gasteiger charge is 2.25. The van der Waals surface area contributed by atoms with Gasteiger partial charge in [-0.15, -0.1) is 0 Å². The third kappa shape index (κ3) is 2.61. The van der Waals surface area contributed by atoms with Crippen LogP contribution in [0.1, 0.15) is 43.0 Å². The Morgan fingerprint density at radius 3 is 2.67 bits per heavy atom. The zero-order chi connectivity index (χ0) is 13.1. The summed E-state index contributed by atoms with van der Waals surface area (Å²) in [6.07, 6.45) is 4.73. The molecule has 0 saturated heterocycles. The van der Waals surface area contributed by atoms with E-state index in [4.69, 9.17) is 11.6 Å². The number of anilines is 1. The lowest BCUT2D eigenvalue weighted by molar-refractivity contribution is 0.0697. The number of carboxylic acids is 1.